The summed E-state index contributed by atoms with van der Waals surface area (Å²) in [6.45, 7) is 2.12. The Hall–Kier alpha value is -3.45. The Morgan fingerprint density at radius 1 is 1.00 bits per heavy atom. The fourth-order valence-corrected chi connectivity index (χ4v) is 4.66. The van der Waals surface area contributed by atoms with Crippen LogP contribution in [0.15, 0.2) is 76.1 Å². The van der Waals surface area contributed by atoms with Gasteiger partial charge >= 0.3 is 6.18 Å². The molecule has 1 aliphatic heterocycles. The number of alkyl halides is 3. The smallest absolute Gasteiger partial charge is 0.416 e. The van der Waals surface area contributed by atoms with E-state index < -0.39 is 11.7 Å². The Bertz CT molecular complexity index is 1420. The van der Waals surface area contributed by atoms with Gasteiger partial charge in [-0.1, -0.05) is 24.3 Å². The van der Waals surface area contributed by atoms with Crippen LogP contribution in [0.1, 0.15) is 40.2 Å². The molecule has 3 aromatic carbocycles. The number of hydrogen-bond donors (Lipinski definition) is 0. The summed E-state index contributed by atoms with van der Waals surface area (Å²) in [5.41, 5.74) is 1.23. The van der Waals surface area contributed by atoms with E-state index in [1.54, 1.807) is 36.4 Å². The predicted octanol–water partition coefficient (Wildman–Crippen LogP) is 6.03. The highest BCUT2D eigenvalue weighted by Crippen LogP contribution is 2.32. The molecule has 1 unspecified atom stereocenters. The van der Waals surface area contributed by atoms with Crippen LogP contribution >= 0.6 is 0 Å². The molecule has 7 heteroatoms. The number of halogens is 3. The molecule has 0 radical (unpaired) electrons. The number of Topliss-reactive ketones (excluding diaryl/α,β-unsaturated/α-hetero) is 1. The van der Waals surface area contributed by atoms with Crippen LogP contribution < -0.4 is 5.43 Å². The first-order valence-corrected chi connectivity index (χ1v) is 11.2. The first kappa shape index (κ1) is 22.3. The second kappa shape index (κ2) is 8.72. The van der Waals surface area contributed by atoms with Crippen molar-refractivity contribution < 1.29 is 22.4 Å². The Morgan fingerprint density at radius 2 is 1.79 bits per heavy atom. The molecule has 0 spiro atoms. The lowest BCUT2D eigenvalue weighted by Crippen LogP contribution is -2.23. The highest BCUT2D eigenvalue weighted by atomic mass is 19.4. The summed E-state index contributed by atoms with van der Waals surface area (Å²) in [6.07, 6.45) is -1.76. The molecule has 1 aliphatic rings. The highest BCUT2D eigenvalue weighted by molar-refractivity contribution is 6.02. The van der Waals surface area contributed by atoms with Crippen LogP contribution in [0.4, 0.5) is 13.2 Å². The van der Waals surface area contributed by atoms with Crippen molar-refractivity contribution in [1.29, 1.82) is 0 Å². The van der Waals surface area contributed by atoms with E-state index in [0.717, 1.165) is 48.0 Å². The highest BCUT2D eigenvalue weighted by Gasteiger charge is 2.31. The Labute approximate surface area is 193 Å². The first-order valence-electron chi connectivity index (χ1n) is 11.2. The standard InChI is InChI=1S/C27H22F3NO3/c28-27(29,30)22-5-3-17(4-6-22)20-7-10-31(16-20)11-8-24(32)19-2-1-18-15-26-23(14-21(18)13-19)25(33)9-12-34-26/h1-6,9,12-15,20H,7-8,10-11,16H2. The van der Waals surface area contributed by atoms with Crippen molar-refractivity contribution in [2.24, 2.45) is 0 Å². The average Bonchev–Trinajstić information content (AvgIpc) is 3.30. The molecule has 2 heterocycles. The van der Waals surface area contributed by atoms with Crippen molar-refractivity contribution in [2.75, 3.05) is 19.6 Å². The van der Waals surface area contributed by atoms with E-state index in [4.69, 9.17) is 4.42 Å². The van der Waals surface area contributed by atoms with Crippen LogP contribution in [-0.4, -0.2) is 30.3 Å². The molecule has 0 amide bonds. The summed E-state index contributed by atoms with van der Waals surface area (Å²) in [4.78, 5) is 27.1. The molecule has 1 fully saturated rings. The van der Waals surface area contributed by atoms with E-state index in [1.165, 1.54) is 12.3 Å². The van der Waals surface area contributed by atoms with Crippen molar-refractivity contribution in [1.82, 2.24) is 4.90 Å². The van der Waals surface area contributed by atoms with Gasteiger partial charge in [-0.3, -0.25) is 9.59 Å². The Balaban J connectivity index is 1.23. The van der Waals surface area contributed by atoms with E-state index in [-0.39, 0.29) is 17.1 Å². The van der Waals surface area contributed by atoms with Gasteiger partial charge in [0, 0.05) is 31.1 Å². The molecule has 1 atom stereocenters. The summed E-state index contributed by atoms with van der Waals surface area (Å²) in [6, 6.07) is 15.7. The van der Waals surface area contributed by atoms with Crippen molar-refractivity contribution >= 4 is 27.5 Å². The van der Waals surface area contributed by atoms with Crippen LogP contribution in [0, 0.1) is 0 Å². The number of likely N-dealkylation sites (tertiary alicyclic amines) is 1. The minimum Gasteiger partial charge on any atom is -0.464 e. The van der Waals surface area contributed by atoms with Gasteiger partial charge in [0.1, 0.15) is 5.58 Å². The summed E-state index contributed by atoms with van der Waals surface area (Å²) >= 11 is 0. The molecular weight excluding hydrogens is 443 g/mol. The van der Waals surface area contributed by atoms with Gasteiger partial charge < -0.3 is 9.32 Å². The van der Waals surface area contributed by atoms with Gasteiger partial charge in [-0.05, 0) is 65.6 Å². The minimum atomic E-state index is -4.33. The number of rotatable bonds is 5. The SMILES string of the molecule is O=C(CCN1CCC(c2ccc(C(F)(F)F)cc2)C1)c1ccc2cc3occc(=O)c3cc2c1. The van der Waals surface area contributed by atoms with Gasteiger partial charge in [-0.2, -0.15) is 13.2 Å². The average molecular weight is 465 g/mol. The minimum absolute atomic E-state index is 0.0140. The third-order valence-corrected chi connectivity index (χ3v) is 6.58. The number of benzene rings is 3. The van der Waals surface area contributed by atoms with Gasteiger partial charge in [0.2, 0.25) is 0 Å². The number of ketones is 1. The quantitative estimate of drug-likeness (QED) is 0.267. The Morgan fingerprint density at radius 3 is 2.56 bits per heavy atom. The normalized spacial score (nSPS) is 17.0. The topological polar surface area (TPSA) is 50.5 Å². The molecule has 4 nitrogen and oxygen atoms in total. The zero-order valence-electron chi connectivity index (χ0n) is 18.3. The van der Waals surface area contributed by atoms with E-state index in [9.17, 15) is 22.8 Å². The maximum Gasteiger partial charge on any atom is 0.416 e. The third-order valence-electron chi connectivity index (χ3n) is 6.58. The molecule has 1 aromatic heterocycles. The van der Waals surface area contributed by atoms with E-state index in [1.807, 2.05) is 6.07 Å². The predicted molar refractivity (Wildman–Crippen MR) is 124 cm³/mol. The second-order valence-corrected chi connectivity index (χ2v) is 8.77. The molecule has 174 valence electrons. The van der Waals surface area contributed by atoms with Crippen molar-refractivity contribution in [3.8, 4) is 0 Å². The van der Waals surface area contributed by atoms with E-state index >= 15 is 0 Å². The zero-order valence-corrected chi connectivity index (χ0v) is 18.3. The molecule has 0 N–H and O–H groups in total. The van der Waals surface area contributed by atoms with E-state index in [2.05, 4.69) is 4.90 Å². The summed E-state index contributed by atoms with van der Waals surface area (Å²) in [5, 5.41) is 2.17. The Kier molecular flexibility index (Phi) is 5.73. The van der Waals surface area contributed by atoms with Gasteiger partial charge in [-0.15, -0.1) is 0 Å². The molecule has 0 bridgehead atoms. The van der Waals surface area contributed by atoms with Crippen LogP contribution in [0.5, 0.6) is 0 Å². The number of hydrogen-bond acceptors (Lipinski definition) is 4. The maximum absolute atomic E-state index is 12.8. The maximum atomic E-state index is 12.8. The van der Waals surface area contributed by atoms with Crippen molar-refractivity contribution in [3.63, 3.8) is 0 Å². The van der Waals surface area contributed by atoms with Crippen LogP contribution in [0.25, 0.3) is 21.7 Å². The molecule has 34 heavy (non-hydrogen) atoms. The molecule has 5 rings (SSSR count). The lowest BCUT2D eigenvalue weighted by Gasteiger charge is -2.16. The van der Waals surface area contributed by atoms with Crippen molar-refractivity contribution in [2.45, 2.75) is 24.9 Å². The summed E-state index contributed by atoms with van der Waals surface area (Å²) in [7, 11) is 0. The number of carbonyl (C=O) groups excluding carboxylic acids is 1. The fraction of sp³-hybridized carbons (Fsp3) is 0.259. The van der Waals surface area contributed by atoms with Crippen molar-refractivity contribution in [3.05, 3.63) is 93.8 Å². The molecule has 0 aliphatic carbocycles. The number of fused-ring (bicyclic) bond motifs is 2. The third kappa shape index (κ3) is 4.48. The number of nitrogens with zero attached hydrogens (tertiary/aromatic N) is 1. The van der Waals surface area contributed by atoms with Gasteiger partial charge in [0.05, 0.1) is 17.2 Å². The fourth-order valence-electron chi connectivity index (χ4n) is 4.66. The van der Waals surface area contributed by atoms with Gasteiger partial charge in [-0.25, -0.2) is 0 Å². The van der Waals surface area contributed by atoms with Gasteiger partial charge in [0.15, 0.2) is 11.2 Å². The number of carbonyl (C=O) groups is 1. The summed E-state index contributed by atoms with van der Waals surface area (Å²) < 4.78 is 43.8. The molecule has 4 aromatic rings. The molecule has 1 saturated heterocycles. The van der Waals surface area contributed by atoms with Crippen LogP contribution in [-0.2, 0) is 6.18 Å². The lowest BCUT2D eigenvalue weighted by molar-refractivity contribution is -0.137. The zero-order chi connectivity index (χ0) is 23.9. The van der Waals surface area contributed by atoms with Crippen LogP contribution in [0.2, 0.25) is 0 Å². The molecular formula is C27H22F3NO3. The second-order valence-electron chi connectivity index (χ2n) is 8.77. The van der Waals surface area contributed by atoms with Gasteiger partial charge in [0.25, 0.3) is 0 Å². The van der Waals surface area contributed by atoms with Crippen LogP contribution in [0.3, 0.4) is 0 Å². The molecule has 0 saturated carbocycles. The monoisotopic (exact) mass is 465 g/mol. The van der Waals surface area contributed by atoms with E-state index in [0.29, 0.717) is 29.5 Å². The lowest BCUT2D eigenvalue weighted by atomic mass is 9.97. The largest absolute Gasteiger partial charge is 0.464 e. The first-order chi connectivity index (χ1) is 16.3. The summed E-state index contributed by atoms with van der Waals surface area (Å²) in [5.74, 6) is 0.179.